The average Bonchev–Trinajstić information content (AvgIpc) is 3.16. The number of aryl methyl sites for hydroxylation is 3. The summed E-state index contributed by atoms with van der Waals surface area (Å²) in [4.78, 5) is 13.5. The van der Waals surface area contributed by atoms with Crippen molar-refractivity contribution in [3.05, 3.63) is 53.9 Å². The third-order valence-corrected chi connectivity index (χ3v) is 5.12. The van der Waals surface area contributed by atoms with Crippen LogP contribution in [0.25, 0.3) is 22.4 Å². The van der Waals surface area contributed by atoms with Gasteiger partial charge in [0.2, 0.25) is 0 Å². The summed E-state index contributed by atoms with van der Waals surface area (Å²) in [5.74, 6) is 0.973. The van der Waals surface area contributed by atoms with Crippen LogP contribution in [0.1, 0.15) is 35.1 Å². The van der Waals surface area contributed by atoms with Crippen molar-refractivity contribution >= 4 is 11.0 Å². The lowest BCUT2D eigenvalue weighted by Crippen LogP contribution is -1.98. The highest BCUT2D eigenvalue weighted by Gasteiger charge is 2.42. The topological polar surface area (TPSA) is 74.3 Å². The van der Waals surface area contributed by atoms with Crippen LogP contribution in [-0.2, 0) is 14.1 Å². The molecule has 0 N–H and O–H groups in total. The zero-order valence-corrected chi connectivity index (χ0v) is 15.0. The number of rotatable bonds is 3. The van der Waals surface area contributed by atoms with Gasteiger partial charge in [-0.25, -0.2) is 4.98 Å². The Kier molecular flexibility index (Phi) is 3.19. The van der Waals surface area contributed by atoms with Crippen LogP contribution in [0, 0.1) is 6.92 Å². The summed E-state index contributed by atoms with van der Waals surface area (Å²) in [5, 5.41) is 9.02. The maximum atomic E-state index is 4.80. The minimum absolute atomic E-state index is 0.457. The number of aromatic nitrogens is 7. The average molecular weight is 345 g/mol. The van der Waals surface area contributed by atoms with Crippen molar-refractivity contribution in [2.24, 2.45) is 14.1 Å². The van der Waals surface area contributed by atoms with Crippen LogP contribution in [0.4, 0.5) is 0 Å². The standard InChI is InChI=1S/C19H19N7/c1-11-6-20-8-17-19(11)23-16(9-21-17)18-5-15(24-26(18)3)14-4-13(14)12-7-22-25(2)10-12/h5-10,13-14H,4H2,1-3H3. The highest BCUT2D eigenvalue weighted by Crippen LogP contribution is 2.54. The minimum Gasteiger partial charge on any atom is -0.276 e. The quantitative estimate of drug-likeness (QED) is 0.571. The lowest BCUT2D eigenvalue weighted by molar-refractivity contribution is 0.745. The fraction of sp³-hybridized carbons (Fsp3) is 0.316. The molecule has 1 saturated carbocycles. The molecule has 1 aliphatic carbocycles. The van der Waals surface area contributed by atoms with Gasteiger partial charge in [-0.1, -0.05) is 0 Å². The molecule has 4 heterocycles. The molecule has 1 aliphatic rings. The lowest BCUT2D eigenvalue weighted by atomic mass is 10.1. The molecule has 0 amide bonds. The van der Waals surface area contributed by atoms with Crippen LogP contribution in [-0.4, -0.2) is 34.5 Å². The van der Waals surface area contributed by atoms with Gasteiger partial charge in [-0.05, 0) is 36.5 Å². The number of fused-ring (bicyclic) bond motifs is 1. The molecule has 0 spiro atoms. The molecule has 0 radical (unpaired) electrons. The van der Waals surface area contributed by atoms with Crippen LogP contribution in [0.5, 0.6) is 0 Å². The third-order valence-electron chi connectivity index (χ3n) is 5.12. The molecule has 1 fully saturated rings. The number of hydrogen-bond acceptors (Lipinski definition) is 5. The Morgan fingerprint density at radius 2 is 1.96 bits per heavy atom. The van der Waals surface area contributed by atoms with Gasteiger partial charge in [-0.15, -0.1) is 0 Å². The molecule has 5 rings (SSSR count). The first-order valence-corrected chi connectivity index (χ1v) is 8.70. The van der Waals surface area contributed by atoms with Crippen molar-refractivity contribution in [3.63, 3.8) is 0 Å². The van der Waals surface area contributed by atoms with Gasteiger partial charge in [0.1, 0.15) is 11.2 Å². The summed E-state index contributed by atoms with van der Waals surface area (Å²) in [6.45, 7) is 2.01. The molecule has 130 valence electrons. The predicted molar refractivity (Wildman–Crippen MR) is 97.6 cm³/mol. The van der Waals surface area contributed by atoms with Crippen molar-refractivity contribution in [1.29, 1.82) is 0 Å². The Hall–Kier alpha value is -3.09. The summed E-state index contributed by atoms with van der Waals surface area (Å²) < 4.78 is 3.76. The SMILES string of the molecule is Cc1cncc2ncc(-c3cc(C4CC4c4cnn(C)c4)nn3C)nc12. The van der Waals surface area contributed by atoms with E-state index in [2.05, 4.69) is 27.3 Å². The van der Waals surface area contributed by atoms with Crippen molar-refractivity contribution in [2.45, 2.75) is 25.2 Å². The Balaban J connectivity index is 1.49. The Labute approximate surface area is 150 Å². The first-order valence-electron chi connectivity index (χ1n) is 8.70. The molecule has 0 saturated heterocycles. The lowest BCUT2D eigenvalue weighted by Gasteiger charge is -2.04. The van der Waals surface area contributed by atoms with E-state index in [1.165, 1.54) is 5.56 Å². The van der Waals surface area contributed by atoms with E-state index in [0.29, 0.717) is 11.8 Å². The fourth-order valence-electron chi connectivity index (χ4n) is 3.62. The monoisotopic (exact) mass is 345 g/mol. The maximum absolute atomic E-state index is 4.80. The van der Waals surface area contributed by atoms with E-state index in [0.717, 1.165) is 40.1 Å². The van der Waals surface area contributed by atoms with Gasteiger partial charge in [0.15, 0.2) is 0 Å². The van der Waals surface area contributed by atoms with Crippen molar-refractivity contribution < 1.29 is 0 Å². The number of pyridine rings is 1. The van der Waals surface area contributed by atoms with Crippen LogP contribution in [0.2, 0.25) is 0 Å². The van der Waals surface area contributed by atoms with Crippen molar-refractivity contribution in [1.82, 2.24) is 34.5 Å². The molecule has 2 atom stereocenters. The van der Waals surface area contributed by atoms with Crippen molar-refractivity contribution in [3.8, 4) is 11.4 Å². The van der Waals surface area contributed by atoms with Gasteiger partial charge in [0.25, 0.3) is 0 Å². The molecule has 7 heteroatoms. The van der Waals surface area contributed by atoms with E-state index < -0.39 is 0 Å². The molecule has 0 bridgehead atoms. The minimum atomic E-state index is 0.457. The van der Waals surface area contributed by atoms with E-state index in [1.807, 2.05) is 42.8 Å². The van der Waals surface area contributed by atoms with Gasteiger partial charge < -0.3 is 0 Å². The summed E-state index contributed by atoms with van der Waals surface area (Å²) in [7, 11) is 3.92. The van der Waals surface area contributed by atoms with Crippen LogP contribution in [0.15, 0.2) is 37.1 Å². The third kappa shape index (κ3) is 2.39. The summed E-state index contributed by atoms with van der Waals surface area (Å²) >= 11 is 0. The smallest absolute Gasteiger partial charge is 0.107 e. The molecule has 26 heavy (non-hydrogen) atoms. The van der Waals surface area contributed by atoms with E-state index in [4.69, 9.17) is 10.1 Å². The fourth-order valence-corrected chi connectivity index (χ4v) is 3.62. The summed E-state index contributed by atoms with van der Waals surface area (Å²) in [6, 6.07) is 2.15. The summed E-state index contributed by atoms with van der Waals surface area (Å²) in [6.07, 6.45) is 10.5. The van der Waals surface area contributed by atoms with Crippen molar-refractivity contribution in [2.75, 3.05) is 0 Å². The zero-order valence-electron chi connectivity index (χ0n) is 15.0. The molecule has 4 aromatic heterocycles. The van der Waals surface area contributed by atoms with E-state index in [9.17, 15) is 0 Å². The zero-order chi connectivity index (χ0) is 17.8. The molecular weight excluding hydrogens is 326 g/mol. The van der Waals surface area contributed by atoms with Crippen LogP contribution >= 0.6 is 0 Å². The Morgan fingerprint density at radius 3 is 2.77 bits per heavy atom. The van der Waals surface area contributed by atoms with E-state index in [1.54, 1.807) is 12.4 Å². The predicted octanol–water partition coefficient (Wildman–Crippen LogP) is 2.74. The van der Waals surface area contributed by atoms with Gasteiger partial charge in [0.05, 0.1) is 35.5 Å². The molecule has 0 aromatic carbocycles. The van der Waals surface area contributed by atoms with E-state index in [-0.39, 0.29) is 0 Å². The maximum Gasteiger partial charge on any atom is 0.107 e. The second-order valence-corrected chi connectivity index (χ2v) is 7.05. The molecule has 7 nitrogen and oxygen atoms in total. The number of hydrogen-bond donors (Lipinski definition) is 0. The Bertz CT molecular complexity index is 1120. The van der Waals surface area contributed by atoms with Gasteiger partial charge in [0, 0.05) is 32.4 Å². The first-order chi connectivity index (χ1) is 12.6. The molecule has 2 unspecified atom stereocenters. The van der Waals surface area contributed by atoms with Crippen LogP contribution in [0.3, 0.4) is 0 Å². The molecule has 0 aliphatic heterocycles. The second kappa shape index (κ2) is 5.45. The largest absolute Gasteiger partial charge is 0.276 e. The molecular formula is C19H19N7. The second-order valence-electron chi connectivity index (χ2n) is 7.05. The van der Waals surface area contributed by atoms with Gasteiger partial charge in [-0.3, -0.25) is 19.3 Å². The first kappa shape index (κ1) is 15.2. The van der Waals surface area contributed by atoms with Gasteiger partial charge in [-0.2, -0.15) is 10.2 Å². The normalized spacial score (nSPS) is 19.2. The van der Waals surface area contributed by atoms with Crippen LogP contribution < -0.4 is 0 Å². The summed E-state index contributed by atoms with van der Waals surface area (Å²) in [5.41, 5.74) is 6.96. The highest BCUT2D eigenvalue weighted by molar-refractivity contribution is 5.78. The van der Waals surface area contributed by atoms with E-state index >= 15 is 0 Å². The van der Waals surface area contributed by atoms with Gasteiger partial charge >= 0.3 is 0 Å². The Morgan fingerprint density at radius 1 is 1.08 bits per heavy atom. The molecule has 4 aromatic rings. The number of nitrogens with zero attached hydrogens (tertiary/aromatic N) is 7. The highest BCUT2D eigenvalue weighted by atomic mass is 15.3.